The lowest BCUT2D eigenvalue weighted by Gasteiger charge is -2.18. The monoisotopic (exact) mass is 332 g/mol. The van der Waals surface area contributed by atoms with Crippen molar-refractivity contribution in [2.45, 2.75) is 39.2 Å². The van der Waals surface area contributed by atoms with Gasteiger partial charge in [-0.15, -0.1) is 0 Å². The molecule has 0 saturated carbocycles. The van der Waals surface area contributed by atoms with Gasteiger partial charge in [0, 0.05) is 0 Å². The number of hydrogen-bond acceptors (Lipinski definition) is 2. The maximum absolute atomic E-state index is 12.4. The second-order valence-corrected chi connectivity index (χ2v) is 7.15. The van der Waals surface area contributed by atoms with Gasteiger partial charge in [-0.05, 0) is 35.1 Å². The van der Waals surface area contributed by atoms with E-state index in [4.69, 9.17) is 0 Å². The van der Waals surface area contributed by atoms with Crippen molar-refractivity contribution >= 4 is 12.0 Å². The third kappa shape index (κ3) is 5.06. The zero-order valence-electron chi connectivity index (χ0n) is 15.2. The number of carbonyl (C=O) groups is 1. The minimum Gasteiger partial charge on any atom is -0.345 e. The summed E-state index contributed by atoms with van der Waals surface area (Å²) in [5.74, 6) is -0.362. The molecule has 0 aliphatic heterocycles. The van der Waals surface area contributed by atoms with Crippen molar-refractivity contribution in [3.8, 4) is 6.07 Å². The first-order chi connectivity index (χ1) is 11.8. The molecule has 0 aliphatic rings. The Morgan fingerprint density at radius 3 is 2.20 bits per heavy atom. The van der Waals surface area contributed by atoms with Crippen LogP contribution in [0.3, 0.4) is 0 Å². The minimum absolute atomic E-state index is 0.0722. The van der Waals surface area contributed by atoms with Crippen LogP contribution >= 0.6 is 0 Å². The van der Waals surface area contributed by atoms with Crippen LogP contribution in [0.4, 0.5) is 0 Å². The standard InChI is InChI=1S/C22H24N2O/c1-16(18-8-6-5-7-9-18)24-21(25)19(15-23)14-17-10-12-20(13-11-17)22(2,3)4/h5-14,16H,1-4H3,(H,24,25)/b19-14+/t16-/m1/s1. The van der Waals surface area contributed by atoms with E-state index in [9.17, 15) is 10.1 Å². The summed E-state index contributed by atoms with van der Waals surface area (Å²) in [4.78, 5) is 12.4. The molecule has 2 aromatic carbocycles. The molecule has 3 nitrogen and oxygen atoms in total. The van der Waals surface area contributed by atoms with Crippen LogP contribution in [0.2, 0.25) is 0 Å². The van der Waals surface area contributed by atoms with Crippen LogP contribution in [0.5, 0.6) is 0 Å². The Kier molecular flexibility index (Phi) is 5.77. The van der Waals surface area contributed by atoms with Gasteiger partial charge in [0.2, 0.25) is 0 Å². The van der Waals surface area contributed by atoms with Crippen LogP contribution in [0.15, 0.2) is 60.2 Å². The summed E-state index contributed by atoms with van der Waals surface area (Å²) in [6.07, 6.45) is 1.62. The second kappa shape index (κ2) is 7.81. The van der Waals surface area contributed by atoms with E-state index in [-0.39, 0.29) is 22.9 Å². The van der Waals surface area contributed by atoms with Crippen LogP contribution in [0.1, 0.15) is 50.4 Å². The Balaban J connectivity index is 2.14. The van der Waals surface area contributed by atoms with E-state index in [1.54, 1.807) is 6.08 Å². The van der Waals surface area contributed by atoms with Gasteiger partial charge in [-0.1, -0.05) is 75.4 Å². The first kappa shape index (κ1) is 18.5. The van der Waals surface area contributed by atoms with Crippen LogP contribution in [-0.2, 0) is 10.2 Å². The van der Waals surface area contributed by atoms with Gasteiger partial charge >= 0.3 is 0 Å². The molecule has 2 rings (SSSR count). The van der Waals surface area contributed by atoms with Crippen LogP contribution < -0.4 is 5.32 Å². The first-order valence-electron chi connectivity index (χ1n) is 8.39. The highest BCUT2D eigenvalue weighted by molar-refractivity contribution is 6.01. The number of amides is 1. The molecule has 0 spiro atoms. The Hall–Kier alpha value is -2.86. The molecular formula is C22H24N2O. The lowest BCUT2D eigenvalue weighted by molar-refractivity contribution is -0.117. The molecule has 0 fully saturated rings. The Morgan fingerprint density at radius 2 is 1.68 bits per heavy atom. The molecule has 128 valence electrons. The fraction of sp³-hybridized carbons (Fsp3) is 0.273. The van der Waals surface area contributed by atoms with Crippen molar-refractivity contribution in [1.82, 2.24) is 5.32 Å². The fourth-order valence-corrected chi connectivity index (χ4v) is 2.49. The Bertz CT molecular complexity index is 791. The topological polar surface area (TPSA) is 52.9 Å². The van der Waals surface area contributed by atoms with Gasteiger partial charge in [0.25, 0.3) is 5.91 Å². The number of hydrogen-bond donors (Lipinski definition) is 1. The molecule has 0 radical (unpaired) electrons. The maximum atomic E-state index is 12.4. The molecular weight excluding hydrogens is 308 g/mol. The molecule has 0 unspecified atom stereocenters. The number of nitriles is 1. The molecule has 0 aromatic heterocycles. The van der Waals surface area contributed by atoms with Gasteiger partial charge < -0.3 is 5.32 Å². The summed E-state index contributed by atoms with van der Waals surface area (Å²) in [6, 6.07) is 19.5. The highest BCUT2D eigenvalue weighted by Crippen LogP contribution is 2.23. The maximum Gasteiger partial charge on any atom is 0.262 e. The number of rotatable bonds is 4. The normalized spacial score (nSPS) is 13.0. The molecule has 25 heavy (non-hydrogen) atoms. The summed E-state index contributed by atoms with van der Waals surface area (Å²) >= 11 is 0. The van der Waals surface area contributed by atoms with Crippen LogP contribution in [0.25, 0.3) is 6.08 Å². The summed E-state index contributed by atoms with van der Waals surface area (Å²) in [7, 11) is 0. The summed E-state index contributed by atoms with van der Waals surface area (Å²) in [5.41, 5.74) is 3.23. The highest BCUT2D eigenvalue weighted by atomic mass is 16.1. The van der Waals surface area contributed by atoms with Gasteiger partial charge in [0.15, 0.2) is 0 Å². The van der Waals surface area contributed by atoms with E-state index < -0.39 is 0 Å². The van der Waals surface area contributed by atoms with Gasteiger partial charge in [0.1, 0.15) is 11.6 Å². The SMILES string of the molecule is C[C@@H](NC(=O)/C(C#N)=C/c1ccc(C(C)(C)C)cc1)c1ccccc1. The number of nitrogens with zero attached hydrogens (tertiary/aromatic N) is 1. The molecule has 0 aliphatic carbocycles. The average molecular weight is 332 g/mol. The summed E-state index contributed by atoms with van der Waals surface area (Å²) < 4.78 is 0. The smallest absolute Gasteiger partial charge is 0.262 e. The molecule has 0 heterocycles. The third-order valence-electron chi connectivity index (χ3n) is 4.10. The van der Waals surface area contributed by atoms with E-state index >= 15 is 0 Å². The largest absolute Gasteiger partial charge is 0.345 e. The Labute approximate surface area is 150 Å². The predicted octanol–water partition coefficient (Wildman–Crippen LogP) is 4.77. The van der Waals surface area contributed by atoms with E-state index in [1.165, 1.54) is 5.56 Å². The van der Waals surface area contributed by atoms with Crippen molar-refractivity contribution in [3.63, 3.8) is 0 Å². The van der Waals surface area contributed by atoms with Crippen molar-refractivity contribution in [2.24, 2.45) is 0 Å². The van der Waals surface area contributed by atoms with Crippen LogP contribution in [0, 0.1) is 11.3 Å². The zero-order chi connectivity index (χ0) is 18.4. The molecule has 1 N–H and O–H groups in total. The van der Waals surface area contributed by atoms with Gasteiger partial charge in [-0.3, -0.25) is 4.79 Å². The molecule has 0 bridgehead atoms. The van der Waals surface area contributed by atoms with Crippen molar-refractivity contribution in [3.05, 3.63) is 76.9 Å². The number of benzene rings is 2. The van der Waals surface area contributed by atoms with E-state index in [2.05, 4.69) is 26.1 Å². The zero-order valence-corrected chi connectivity index (χ0v) is 15.2. The van der Waals surface area contributed by atoms with Gasteiger partial charge in [0.05, 0.1) is 6.04 Å². The molecule has 1 atom stereocenters. The van der Waals surface area contributed by atoms with Crippen molar-refractivity contribution < 1.29 is 4.79 Å². The lowest BCUT2D eigenvalue weighted by atomic mass is 9.86. The highest BCUT2D eigenvalue weighted by Gasteiger charge is 2.15. The van der Waals surface area contributed by atoms with E-state index in [0.717, 1.165) is 11.1 Å². The fourth-order valence-electron chi connectivity index (χ4n) is 2.49. The average Bonchev–Trinajstić information content (AvgIpc) is 2.60. The first-order valence-corrected chi connectivity index (χ1v) is 8.39. The lowest BCUT2D eigenvalue weighted by Crippen LogP contribution is -2.27. The third-order valence-corrected chi connectivity index (χ3v) is 4.10. The minimum atomic E-state index is -0.362. The summed E-state index contributed by atoms with van der Waals surface area (Å²) in [5, 5.41) is 12.2. The second-order valence-electron chi connectivity index (χ2n) is 7.15. The van der Waals surface area contributed by atoms with Crippen molar-refractivity contribution in [1.29, 1.82) is 5.26 Å². The quantitative estimate of drug-likeness (QED) is 0.648. The van der Waals surface area contributed by atoms with Gasteiger partial charge in [-0.2, -0.15) is 5.26 Å². The van der Waals surface area contributed by atoms with E-state index in [1.807, 2.05) is 67.6 Å². The molecule has 0 saturated heterocycles. The van der Waals surface area contributed by atoms with Crippen molar-refractivity contribution in [2.75, 3.05) is 0 Å². The molecule has 3 heteroatoms. The summed E-state index contributed by atoms with van der Waals surface area (Å²) in [6.45, 7) is 8.35. The molecule has 2 aromatic rings. The Morgan fingerprint density at radius 1 is 1.08 bits per heavy atom. The van der Waals surface area contributed by atoms with Gasteiger partial charge in [-0.25, -0.2) is 0 Å². The number of nitrogens with one attached hydrogen (secondary N) is 1. The predicted molar refractivity (Wildman–Crippen MR) is 102 cm³/mol. The van der Waals surface area contributed by atoms with E-state index in [0.29, 0.717) is 0 Å². The van der Waals surface area contributed by atoms with Crippen LogP contribution in [-0.4, -0.2) is 5.91 Å². The molecule has 1 amide bonds. The number of carbonyl (C=O) groups excluding carboxylic acids is 1.